The van der Waals surface area contributed by atoms with Crippen LogP contribution in [0.5, 0.6) is 0 Å². The molecule has 0 spiro atoms. The lowest BCUT2D eigenvalue weighted by atomic mass is 10.0. The smallest absolute Gasteiger partial charge is 0.324 e. The topological polar surface area (TPSA) is 112 Å². The number of hydrogen-bond acceptors (Lipinski definition) is 6. The number of nitrogens with one attached hydrogen (secondary N) is 1. The molecule has 0 fully saturated rings. The SMILES string of the molecule is C=CC(=O)Nc1cccc(-c2cnc3c(c2)c(-c2ccnc(F)c2)cn3C(C)OC(=O)C(N)CC(C)C)c1. The molecule has 38 heavy (non-hydrogen) atoms. The van der Waals surface area contributed by atoms with Crippen molar-refractivity contribution in [3.63, 3.8) is 0 Å². The van der Waals surface area contributed by atoms with E-state index in [1.54, 1.807) is 36.0 Å². The van der Waals surface area contributed by atoms with Crippen molar-refractivity contribution in [1.29, 1.82) is 0 Å². The number of nitrogens with zero attached hydrogens (tertiary/aromatic N) is 3. The van der Waals surface area contributed by atoms with Crippen LogP contribution in [0.25, 0.3) is 33.3 Å². The van der Waals surface area contributed by atoms with Gasteiger partial charge in [-0.15, -0.1) is 0 Å². The molecule has 2 atom stereocenters. The Morgan fingerprint density at radius 2 is 1.92 bits per heavy atom. The maximum absolute atomic E-state index is 14.0. The van der Waals surface area contributed by atoms with E-state index in [2.05, 4.69) is 21.9 Å². The highest BCUT2D eigenvalue weighted by Gasteiger charge is 2.23. The van der Waals surface area contributed by atoms with E-state index in [1.807, 2.05) is 38.1 Å². The molecule has 0 radical (unpaired) electrons. The molecule has 3 aromatic heterocycles. The largest absolute Gasteiger partial charge is 0.440 e. The predicted octanol–water partition coefficient (Wildman–Crippen LogP) is 5.46. The average molecular weight is 516 g/mol. The summed E-state index contributed by atoms with van der Waals surface area (Å²) in [6.07, 6.45) is 5.87. The summed E-state index contributed by atoms with van der Waals surface area (Å²) in [7, 11) is 0. The molecule has 4 rings (SSSR count). The number of esters is 1. The van der Waals surface area contributed by atoms with Gasteiger partial charge in [-0.2, -0.15) is 4.39 Å². The predicted molar refractivity (Wildman–Crippen MR) is 145 cm³/mol. The Labute approximate surface area is 220 Å². The van der Waals surface area contributed by atoms with Gasteiger partial charge in [-0.05, 0) is 60.7 Å². The fraction of sp³-hybridized carbons (Fsp3) is 0.241. The van der Waals surface area contributed by atoms with Crippen LogP contribution >= 0.6 is 0 Å². The van der Waals surface area contributed by atoms with E-state index >= 15 is 0 Å². The normalized spacial score (nSPS) is 12.8. The van der Waals surface area contributed by atoms with Crippen molar-refractivity contribution in [3.05, 3.63) is 79.7 Å². The second-order valence-electron chi connectivity index (χ2n) is 9.46. The van der Waals surface area contributed by atoms with Crippen LogP contribution in [0.1, 0.15) is 33.4 Å². The van der Waals surface area contributed by atoms with Gasteiger partial charge in [0.15, 0.2) is 6.23 Å². The second kappa shape index (κ2) is 11.4. The van der Waals surface area contributed by atoms with E-state index in [4.69, 9.17) is 10.5 Å². The highest BCUT2D eigenvalue weighted by Crippen LogP contribution is 2.35. The fourth-order valence-electron chi connectivity index (χ4n) is 4.25. The molecule has 0 saturated carbocycles. The Morgan fingerprint density at radius 1 is 1.13 bits per heavy atom. The highest BCUT2D eigenvalue weighted by atomic mass is 19.1. The first kappa shape index (κ1) is 26.7. The van der Waals surface area contributed by atoms with Crippen LogP contribution in [0.4, 0.5) is 10.1 Å². The molecular weight excluding hydrogens is 485 g/mol. The first-order chi connectivity index (χ1) is 18.2. The van der Waals surface area contributed by atoms with E-state index in [9.17, 15) is 14.0 Å². The van der Waals surface area contributed by atoms with Crippen molar-refractivity contribution < 1.29 is 18.7 Å². The standard InChI is InChI=1S/C29H30FN5O3/c1-5-27(36)34-22-8-6-7-19(12-22)21-13-23-24(20-9-10-32-26(30)14-20)16-35(28(23)33-15-21)18(4)38-29(37)25(31)11-17(2)3/h5-10,12-18,25H,1,11,31H2,2-4H3,(H,34,36). The van der Waals surface area contributed by atoms with Crippen molar-refractivity contribution >= 4 is 28.6 Å². The Hall–Kier alpha value is -4.37. The molecule has 0 saturated heterocycles. The number of halogens is 1. The van der Waals surface area contributed by atoms with Gasteiger partial charge in [0.2, 0.25) is 11.9 Å². The van der Waals surface area contributed by atoms with Gasteiger partial charge in [0.25, 0.3) is 0 Å². The van der Waals surface area contributed by atoms with Gasteiger partial charge >= 0.3 is 5.97 Å². The Balaban J connectivity index is 1.77. The number of nitrogens with two attached hydrogens (primary N) is 1. The lowest BCUT2D eigenvalue weighted by Gasteiger charge is -2.19. The highest BCUT2D eigenvalue weighted by molar-refractivity contribution is 6.00. The van der Waals surface area contributed by atoms with Gasteiger partial charge in [-0.3, -0.25) is 14.2 Å². The third kappa shape index (κ3) is 5.95. The number of benzene rings is 1. The number of anilines is 1. The number of aromatic nitrogens is 3. The van der Waals surface area contributed by atoms with Crippen molar-refractivity contribution in [2.24, 2.45) is 11.7 Å². The number of amides is 1. The van der Waals surface area contributed by atoms with Crippen LogP contribution in [0.15, 0.2) is 73.7 Å². The minimum absolute atomic E-state index is 0.247. The third-order valence-electron chi connectivity index (χ3n) is 6.06. The van der Waals surface area contributed by atoms with Crippen molar-refractivity contribution in [3.8, 4) is 22.3 Å². The van der Waals surface area contributed by atoms with E-state index in [0.29, 0.717) is 28.9 Å². The lowest BCUT2D eigenvalue weighted by Crippen LogP contribution is -2.34. The lowest BCUT2D eigenvalue weighted by molar-refractivity contribution is -0.154. The van der Waals surface area contributed by atoms with E-state index in [1.165, 1.54) is 18.3 Å². The molecular formula is C29H30FN5O3. The zero-order chi connectivity index (χ0) is 27.4. The minimum Gasteiger partial charge on any atom is -0.440 e. The minimum atomic E-state index is -0.735. The van der Waals surface area contributed by atoms with Crippen molar-refractivity contribution in [2.75, 3.05) is 5.32 Å². The number of carbonyl (C=O) groups excluding carboxylic acids is 2. The van der Waals surface area contributed by atoms with Gasteiger partial charge in [-0.1, -0.05) is 32.6 Å². The fourth-order valence-corrected chi connectivity index (χ4v) is 4.25. The Morgan fingerprint density at radius 3 is 2.63 bits per heavy atom. The van der Waals surface area contributed by atoms with Crippen LogP contribution in [0.3, 0.4) is 0 Å². The molecule has 4 aromatic rings. The molecule has 3 N–H and O–H groups in total. The summed E-state index contributed by atoms with van der Waals surface area (Å²) in [6, 6.07) is 11.6. The molecule has 3 heterocycles. The van der Waals surface area contributed by atoms with Gasteiger partial charge in [0.05, 0.1) is 0 Å². The maximum Gasteiger partial charge on any atom is 0.324 e. The second-order valence-corrected chi connectivity index (χ2v) is 9.46. The van der Waals surface area contributed by atoms with E-state index < -0.39 is 24.2 Å². The monoisotopic (exact) mass is 515 g/mol. The number of carbonyl (C=O) groups is 2. The zero-order valence-corrected chi connectivity index (χ0v) is 21.5. The summed E-state index contributed by atoms with van der Waals surface area (Å²) >= 11 is 0. The quantitative estimate of drug-likeness (QED) is 0.174. The summed E-state index contributed by atoms with van der Waals surface area (Å²) in [6.45, 7) is 9.19. The number of pyridine rings is 2. The van der Waals surface area contributed by atoms with Crippen LogP contribution in [0, 0.1) is 11.9 Å². The molecule has 1 amide bonds. The van der Waals surface area contributed by atoms with E-state index in [0.717, 1.165) is 16.5 Å². The van der Waals surface area contributed by atoms with Gasteiger partial charge < -0.3 is 15.8 Å². The molecule has 2 unspecified atom stereocenters. The average Bonchev–Trinajstić information content (AvgIpc) is 3.27. The van der Waals surface area contributed by atoms with Crippen LogP contribution in [0.2, 0.25) is 0 Å². The maximum atomic E-state index is 14.0. The number of ether oxygens (including phenoxy) is 1. The molecule has 0 aliphatic carbocycles. The Bertz CT molecular complexity index is 1500. The van der Waals surface area contributed by atoms with Crippen LogP contribution in [-0.2, 0) is 14.3 Å². The molecule has 0 aliphatic rings. The summed E-state index contributed by atoms with van der Waals surface area (Å²) in [5, 5.41) is 3.48. The van der Waals surface area contributed by atoms with Crippen LogP contribution < -0.4 is 11.1 Å². The molecule has 0 aliphatic heterocycles. The van der Waals surface area contributed by atoms with Gasteiger partial charge in [0, 0.05) is 46.9 Å². The molecule has 0 bridgehead atoms. The summed E-state index contributed by atoms with van der Waals surface area (Å²) < 4.78 is 21.5. The van der Waals surface area contributed by atoms with Crippen molar-refractivity contribution in [1.82, 2.24) is 14.5 Å². The summed E-state index contributed by atoms with van der Waals surface area (Å²) in [5.74, 6) is -1.18. The van der Waals surface area contributed by atoms with Crippen LogP contribution in [-0.4, -0.2) is 32.5 Å². The molecule has 9 heteroatoms. The number of rotatable bonds is 9. The summed E-state index contributed by atoms with van der Waals surface area (Å²) in [4.78, 5) is 32.7. The molecule has 1 aromatic carbocycles. The summed E-state index contributed by atoms with van der Waals surface area (Å²) in [5.41, 5.74) is 10.1. The first-order valence-corrected chi connectivity index (χ1v) is 12.3. The zero-order valence-electron chi connectivity index (χ0n) is 21.5. The van der Waals surface area contributed by atoms with Gasteiger partial charge in [-0.25, -0.2) is 9.97 Å². The molecule has 8 nitrogen and oxygen atoms in total. The number of hydrogen-bond donors (Lipinski definition) is 2. The third-order valence-corrected chi connectivity index (χ3v) is 6.06. The van der Waals surface area contributed by atoms with Crippen molar-refractivity contribution in [2.45, 2.75) is 39.5 Å². The number of fused-ring (bicyclic) bond motifs is 1. The van der Waals surface area contributed by atoms with E-state index in [-0.39, 0.29) is 11.8 Å². The van der Waals surface area contributed by atoms with Gasteiger partial charge in [0.1, 0.15) is 11.7 Å². The Kier molecular flexibility index (Phi) is 7.97. The first-order valence-electron chi connectivity index (χ1n) is 12.3. The molecule has 196 valence electrons.